The van der Waals surface area contributed by atoms with Crippen molar-refractivity contribution in [2.45, 2.75) is 13.8 Å². The van der Waals surface area contributed by atoms with Crippen molar-refractivity contribution in [3.05, 3.63) is 167 Å². The molecule has 0 aliphatic carbocycles. The fraction of sp³-hybridized carbons (Fsp3) is 0.0500. The van der Waals surface area contributed by atoms with E-state index in [1.165, 1.54) is 0 Å². The van der Waals surface area contributed by atoms with E-state index in [1.807, 2.05) is 74.5 Å². The van der Waals surface area contributed by atoms with E-state index in [1.54, 1.807) is 73.1 Å². The molecule has 5 aromatic carbocycles. The third-order valence-electron chi connectivity index (χ3n) is 7.16. The predicted octanol–water partition coefficient (Wildman–Crippen LogP) is 9.53. The van der Waals surface area contributed by atoms with E-state index in [4.69, 9.17) is 9.47 Å². The second kappa shape index (κ2) is 14.6. The number of benzene rings is 5. The van der Waals surface area contributed by atoms with Gasteiger partial charge in [-0.25, -0.2) is 9.59 Å². The monoisotopic (exact) mass is 604 g/mol. The van der Waals surface area contributed by atoms with Crippen LogP contribution in [0.25, 0.3) is 12.2 Å². The third-order valence-corrected chi connectivity index (χ3v) is 7.16. The summed E-state index contributed by atoms with van der Waals surface area (Å²) in [5, 5.41) is 0. The van der Waals surface area contributed by atoms with Crippen LogP contribution in [0.2, 0.25) is 0 Å². The number of nitrogens with zero attached hydrogens (tertiary/aromatic N) is 2. The van der Waals surface area contributed by atoms with Crippen LogP contribution in [0.15, 0.2) is 132 Å². The molecule has 5 rings (SSSR count). The van der Waals surface area contributed by atoms with Gasteiger partial charge in [0, 0.05) is 12.4 Å². The molecule has 0 unspecified atom stereocenters. The summed E-state index contributed by atoms with van der Waals surface area (Å²) >= 11 is 0. The Labute approximate surface area is 268 Å². The van der Waals surface area contributed by atoms with Crippen LogP contribution in [0.5, 0.6) is 11.5 Å². The first-order valence-electron chi connectivity index (χ1n) is 14.6. The van der Waals surface area contributed by atoms with Crippen LogP contribution in [0.4, 0.5) is 11.4 Å². The molecule has 0 spiro atoms. The first-order chi connectivity index (χ1) is 22.3. The van der Waals surface area contributed by atoms with Gasteiger partial charge in [0.05, 0.1) is 22.5 Å². The minimum Gasteiger partial charge on any atom is -0.423 e. The van der Waals surface area contributed by atoms with Gasteiger partial charge in [-0.3, -0.25) is 9.98 Å². The number of hydrogen-bond acceptors (Lipinski definition) is 6. The lowest BCUT2D eigenvalue weighted by atomic mass is 10.1. The van der Waals surface area contributed by atoms with Gasteiger partial charge in [-0.1, -0.05) is 73.8 Å². The van der Waals surface area contributed by atoms with E-state index in [0.29, 0.717) is 22.6 Å². The molecular formula is C40H32N2O4. The van der Waals surface area contributed by atoms with E-state index in [9.17, 15) is 9.59 Å². The maximum Gasteiger partial charge on any atom is 0.343 e. The Bertz CT molecular complexity index is 1810. The van der Waals surface area contributed by atoms with Crippen LogP contribution in [-0.2, 0) is 0 Å². The summed E-state index contributed by atoms with van der Waals surface area (Å²) in [5.41, 5.74) is 7.97. The van der Waals surface area contributed by atoms with Crippen molar-refractivity contribution in [1.82, 2.24) is 0 Å². The van der Waals surface area contributed by atoms with E-state index in [0.717, 1.165) is 44.8 Å². The van der Waals surface area contributed by atoms with Crippen LogP contribution < -0.4 is 9.47 Å². The molecule has 0 heterocycles. The summed E-state index contributed by atoms with van der Waals surface area (Å²) in [6.07, 6.45) is 7.01. The summed E-state index contributed by atoms with van der Waals surface area (Å²) in [5.74, 6) is 0.0701. The smallest absolute Gasteiger partial charge is 0.343 e. The molecule has 0 saturated carbocycles. The molecule has 0 aliphatic heterocycles. The Morgan fingerprint density at radius 2 is 0.870 bits per heavy atom. The molecule has 0 atom stereocenters. The van der Waals surface area contributed by atoms with Crippen molar-refractivity contribution in [2.24, 2.45) is 9.98 Å². The maximum absolute atomic E-state index is 12.5. The SMILES string of the molecule is C=Cc1ccc(C(=O)Oc2ccc(N=Cc3ccc(C=Nc4ccc(OC(=O)c5ccc(C=C)cc5)cc4C)cc3)c(C)c2)cc1. The second-order valence-electron chi connectivity index (χ2n) is 10.5. The summed E-state index contributed by atoms with van der Waals surface area (Å²) in [6.45, 7) is 11.3. The molecule has 46 heavy (non-hydrogen) atoms. The Balaban J connectivity index is 1.17. The van der Waals surface area contributed by atoms with E-state index < -0.39 is 11.9 Å². The maximum atomic E-state index is 12.5. The van der Waals surface area contributed by atoms with Crippen LogP contribution in [0, 0.1) is 13.8 Å². The van der Waals surface area contributed by atoms with Crippen molar-refractivity contribution >= 4 is 47.9 Å². The van der Waals surface area contributed by atoms with Crippen molar-refractivity contribution in [2.75, 3.05) is 0 Å². The van der Waals surface area contributed by atoms with Gasteiger partial charge in [-0.2, -0.15) is 0 Å². The van der Waals surface area contributed by atoms with Crippen molar-refractivity contribution < 1.29 is 19.1 Å². The Morgan fingerprint density at radius 3 is 1.20 bits per heavy atom. The fourth-order valence-corrected chi connectivity index (χ4v) is 4.47. The zero-order valence-electron chi connectivity index (χ0n) is 25.6. The van der Waals surface area contributed by atoms with Gasteiger partial charge in [0.2, 0.25) is 0 Å². The number of aliphatic imine (C=N–C) groups is 2. The zero-order valence-corrected chi connectivity index (χ0v) is 25.6. The van der Waals surface area contributed by atoms with Crippen LogP contribution in [0.1, 0.15) is 54.1 Å². The normalized spacial score (nSPS) is 11.0. The lowest BCUT2D eigenvalue weighted by Crippen LogP contribution is -2.08. The molecule has 0 radical (unpaired) electrons. The first kappa shape index (κ1) is 31.3. The molecule has 0 fully saturated rings. The number of carbonyl (C=O) groups is 2. The highest BCUT2D eigenvalue weighted by Gasteiger charge is 2.11. The van der Waals surface area contributed by atoms with Crippen molar-refractivity contribution in [3.63, 3.8) is 0 Å². The summed E-state index contributed by atoms with van der Waals surface area (Å²) < 4.78 is 11.1. The number of rotatable bonds is 10. The van der Waals surface area contributed by atoms with E-state index in [-0.39, 0.29) is 0 Å². The lowest BCUT2D eigenvalue weighted by molar-refractivity contribution is 0.0725. The van der Waals surface area contributed by atoms with Gasteiger partial charge < -0.3 is 9.47 Å². The molecule has 6 nitrogen and oxygen atoms in total. The highest BCUT2D eigenvalue weighted by Crippen LogP contribution is 2.26. The van der Waals surface area contributed by atoms with E-state index >= 15 is 0 Å². The summed E-state index contributed by atoms with van der Waals surface area (Å²) in [7, 11) is 0. The Morgan fingerprint density at radius 1 is 0.522 bits per heavy atom. The molecule has 0 N–H and O–H groups in total. The van der Waals surface area contributed by atoms with Crippen molar-refractivity contribution in [3.8, 4) is 11.5 Å². The zero-order chi connectivity index (χ0) is 32.5. The van der Waals surface area contributed by atoms with Gasteiger partial charge in [0.15, 0.2) is 0 Å². The van der Waals surface area contributed by atoms with E-state index in [2.05, 4.69) is 23.1 Å². The number of esters is 2. The summed E-state index contributed by atoms with van der Waals surface area (Å²) in [4.78, 5) is 34.2. The van der Waals surface area contributed by atoms with Crippen LogP contribution in [-0.4, -0.2) is 24.4 Å². The van der Waals surface area contributed by atoms with Gasteiger partial charge in [-0.15, -0.1) is 0 Å². The molecule has 0 amide bonds. The molecule has 5 aromatic rings. The molecule has 0 saturated heterocycles. The minimum atomic E-state index is -0.422. The Kier molecular flexibility index (Phi) is 9.90. The quantitative estimate of drug-likeness (QED) is 0.0904. The standard InChI is InChI=1S/C40H32N2O4/c1-5-29-11-15-33(16-12-29)39(43)45-35-19-21-37(27(3)23-35)41-25-31-7-9-32(10-8-31)26-42-38-22-20-36(24-28(38)4)46-40(44)34-17-13-30(6-2)14-18-34/h5-26H,1-2H2,3-4H3. The first-order valence-corrected chi connectivity index (χ1v) is 14.6. The molecule has 226 valence electrons. The van der Waals surface area contributed by atoms with Crippen LogP contribution in [0.3, 0.4) is 0 Å². The van der Waals surface area contributed by atoms with Gasteiger partial charge in [-0.05, 0) is 108 Å². The average Bonchev–Trinajstić information content (AvgIpc) is 3.08. The number of ether oxygens (including phenoxy) is 2. The molecule has 6 heteroatoms. The second-order valence-corrected chi connectivity index (χ2v) is 10.5. The number of carbonyl (C=O) groups excluding carboxylic acids is 2. The number of hydrogen-bond donors (Lipinski definition) is 0. The highest BCUT2D eigenvalue weighted by atomic mass is 16.5. The largest absolute Gasteiger partial charge is 0.423 e. The lowest BCUT2D eigenvalue weighted by Gasteiger charge is -2.07. The van der Waals surface area contributed by atoms with Gasteiger partial charge >= 0.3 is 11.9 Å². The Hall–Kier alpha value is -6.14. The predicted molar refractivity (Wildman–Crippen MR) is 186 cm³/mol. The van der Waals surface area contributed by atoms with Crippen LogP contribution >= 0.6 is 0 Å². The third kappa shape index (κ3) is 8.07. The van der Waals surface area contributed by atoms with Gasteiger partial charge in [0.1, 0.15) is 11.5 Å². The molecular weight excluding hydrogens is 572 g/mol. The van der Waals surface area contributed by atoms with Crippen molar-refractivity contribution in [1.29, 1.82) is 0 Å². The highest BCUT2D eigenvalue weighted by molar-refractivity contribution is 5.92. The van der Waals surface area contributed by atoms with Gasteiger partial charge in [0.25, 0.3) is 0 Å². The number of aryl methyl sites for hydroxylation is 2. The minimum absolute atomic E-state index is 0.422. The summed E-state index contributed by atoms with van der Waals surface area (Å²) in [6, 6.07) is 32.7. The topological polar surface area (TPSA) is 77.3 Å². The fourth-order valence-electron chi connectivity index (χ4n) is 4.47. The molecule has 0 aliphatic rings. The molecule has 0 aromatic heterocycles. The molecule has 0 bridgehead atoms. The average molecular weight is 605 g/mol.